The minimum Gasteiger partial charge on any atom is -0.330 e. The Hall–Kier alpha value is -2.39. The number of hydrogen-bond donors (Lipinski definition) is 0. The van der Waals surface area contributed by atoms with Crippen LogP contribution in [0.1, 0.15) is 50.3 Å². The number of piperidine rings is 1. The topological polar surface area (TPSA) is 67.7 Å². The molecule has 1 aliphatic carbocycles. The second-order valence-electron chi connectivity index (χ2n) is 9.78. The third-order valence-corrected chi connectivity index (χ3v) is 7.73. The number of benzene rings is 1. The van der Waals surface area contributed by atoms with Crippen LogP contribution in [0.15, 0.2) is 24.3 Å². The van der Waals surface area contributed by atoms with Crippen molar-refractivity contribution < 1.29 is 9.59 Å². The van der Waals surface area contributed by atoms with Crippen molar-refractivity contribution in [3.8, 4) is 6.07 Å². The molecule has 0 N–H and O–H groups in total. The van der Waals surface area contributed by atoms with Crippen LogP contribution in [0.3, 0.4) is 0 Å². The lowest BCUT2D eigenvalue weighted by molar-refractivity contribution is -0.142. The number of nitriles is 1. The number of carbonyl (C=O) groups is 2. The number of fused-ring (bicyclic) bond motifs is 3. The van der Waals surface area contributed by atoms with E-state index in [2.05, 4.69) is 54.0 Å². The molecule has 3 heterocycles. The summed E-state index contributed by atoms with van der Waals surface area (Å²) in [5.74, 6) is 0.631. The second kappa shape index (κ2) is 7.09. The number of rotatable bonds is 5. The Labute approximate surface area is 178 Å². The van der Waals surface area contributed by atoms with E-state index in [-0.39, 0.29) is 47.9 Å². The van der Waals surface area contributed by atoms with Gasteiger partial charge in [0.2, 0.25) is 11.8 Å². The zero-order valence-electron chi connectivity index (χ0n) is 18.0. The molecule has 0 radical (unpaired) electrons. The van der Waals surface area contributed by atoms with Crippen LogP contribution in [-0.2, 0) is 9.59 Å². The average Bonchev–Trinajstić information content (AvgIpc) is 3.07. The van der Waals surface area contributed by atoms with Gasteiger partial charge in [-0.2, -0.15) is 5.26 Å². The molecule has 6 nitrogen and oxygen atoms in total. The van der Waals surface area contributed by atoms with Gasteiger partial charge in [-0.1, -0.05) is 36.8 Å². The van der Waals surface area contributed by atoms with Crippen molar-refractivity contribution in [1.29, 1.82) is 5.26 Å². The SMILES string of the molecule is Cc1ccc([C@H](C)N2C(=O)[C@@H]3C[C@H]2CN3C[C@H](C)C(=O)N2C3C[C@H]3C[C@H]2C#N)cc1. The molecule has 1 saturated carbocycles. The van der Waals surface area contributed by atoms with Crippen LogP contribution in [0.5, 0.6) is 0 Å². The van der Waals surface area contributed by atoms with Crippen LogP contribution in [0.25, 0.3) is 0 Å². The maximum Gasteiger partial charge on any atom is 0.240 e. The molecule has 7 atom stereocenters. The fourth-order valence-electron chi connectivity index (χ4n) is 5.98. The third-order valence-electron chi connectivity index (χ3n) is 7.73. The van der Waals surface area contributed by atoms with E-state index in [9.17, 15) is 14.9 Å². The number of carbonyl (C=O) groups excluding carboxylic acids is 2. The van der Waals surface area contributed by atoms with E-state index in [0.29, 0.717) is 12.5 Å². The molecule has 1 unspecified atom stereocenters. The van der Waals surface area contributed by atoms with Crippen LogP contribution in [-0.4, -0.2) is 63.8 Å². The first-order valence-electron chi connectivity index (χ1n) is 11.2. The number of piperazine rings is 1. The molecule has 3 aliphatic heterocycles. The number of likely N-dealkylation sites (tertiary alicyclic amines) is 3. The molecule has 1 aromatic rings. The summed E-state index contributed by atoms with van der Waals surface area (Å²) in [7, 11) is 0. The van der Waals surface area contributed by atoms with Gasteiger partial charge in [0.25, 0.3) is 0 Å². The Balaban J connectivity index is 1.23. The lowest BCUT2D eigenvalue weighted by atomic mass is 10.0. The Morgan fingerprint density at radius 1 is 1.20 bits per heavy atom. The molecule has 2 bridgehead atoms. The predicted molar refractivity (Wildman–Crippen MR) is 112 cm³/mol. The van der Waals surface area contributed by atoms with Crippen molar-refractivity contribution in [3.05, 3.63) is 35.4 Å². The summed E-state index contributed by atoms with van der Waals surface area (Å²) in [5.41, 5.74) is 2.39. The first-order valence-corrected chi connectivity index (χ1v) is 11.2. The van der Waals surface area contributed by atoms with E-state index in [1.807, 2.05) is 11.8 Å². The van der Waals surface area contributed by atoms with Gasteiger partial charge in [-0.25, -0.2) is 0 Å². The van der Waals surface area contributed by atoms with Gasteiger partial charge in [-0.05, 0) is 44.6 Å². The van der Waals surface area contributed by atoms with Gasteiger partial charge in [0, 0.05) is 31.1 Å². The maximum absolute atomic E-state index is 13.2. The average molecular weight is 407 g/mol. The van der Waals surface area contributed by atoms with Gasteiger partial charge < -0.3 is 9.80 Å². The normalized spacial score (nSPS) is 34.1. The number of hydrogen-bond acceptors (Lipinski definition) is 4. The summed E-state index contributed by atoms with van der Waals surface area (Å²) in [6.45, 7) is 7.57. The number of aryl methyl sites for hydroxylation is 1. The predicted octanol–water partition coefficient (Wildman–Crippen LogP) is 2.49. The van der Waals surface area contributed by atoms with E-state index in [0.717, 1.165) is 25.8 Å². The van der Waals surface area contributed by atoms with E-state index >= 15 is 0 Å². The van der Waals surface area contributed by atoms with E-state index in [1.165, 1.54) is 11.1 Å². The second-order valence-corrected chi connectivity index (χ2v) is 9.78. The summed E-state index contributed by atoms with van der Waals surface area (Å²) >= 11 is 0. The molecule has 1 aromatic carbocycles. The molecule has 5 rings (SSSR count). The third kappa shape index (κ3) is 3.02. The Bertz CT molecular complexity index is 907. The maximum atomic E-state index is 13.2. The molecule has 30 heavy (non-hydrogen) atoms. The molecular weight excluding hydrogens is 376 g/mol. The van der Waals surface area contributed by atoms with Crippen LogP contribution in [0.4, 0.5) is 0 Å². The largest absolute Gasteiger partial charge is 0.330 e. The summed E-state index contributed by atoms with van der Waals surface area (Å²) < 4.78 is 0. The molecule has 0 spiro atoms. The summed E-state index contributed by atoms with van der Waals surface area (Å²) in [4.78, 5) is 32.3. The number of nitrogens with zero attached hydrogens (tertiary/aromatic N) is 4. The highest BCUT2D eigenvalue weighted by Crippen LogP contribution is 2.48. The van der Waals surface area contributed by atoms with Crippen molar-refractivity contribution in [2.45, 2.75) is 70.2 Å². The van der Waals surface area contributed by atoms with Crippen molar-refractivity contribution in [2.75, 3.05) is 13.1 Å². The van der Waals surface area contributed by atoms with E-state index in [4.69, 9.17) is 0 Å². The standard InChI is InChI=1S/C24H30N4O2/c1-14-4-6-17(7-5-14)16(3)27-20-10-22(24(27)30)26(13-20)12-15(2)23(29)28-19(11-25)8-18-9-21(18)28/h4-7,15-16,18-22H,8-10,12-13H2,1-3H3/t15-,16-,18+,19-,20-,21?,22-/m0/s1. The van der Waals surface area contributed by atoms with Gasteiger partial charge in [-0.15, -0.1) is 0 Å². The zero-order chi connectivity index (χ0) is 21.2. The molecule has 6 heteroatoms. The summed E-state index contributed by atoms with van der Waals surface area (Å²) in [5, 5.41) is 9.40. The fourth-order valence-corrected chi connectivity index (χ4v) is 5.98. The van der Waals surface area contributed by atoms with Crippen LogP contribution >= 0.6 is 0 Å². The minimum absolute atomic E-state index is 0.0714. The van der Waals surface area contributed by atoms with E-state index < -0.39 is 0 Å². The Morgan fingerprint density at radius 3 is 2.60 bits per heavy atom. The minimum atomic E-state index is -0.258. The lowest BCUT2D eigenvalue weighted by Gasteiger charge is -2.38. The van der Waals surface area contributed by atoms with E-state index in [1.54, 1.807) is 0 Å². The van der Waals surface area contributed by atoms with Gasteiger partial charge in [0.15, 0.2) is 0 Å². The quantitative estimate of drug-likeness (QED) is 0.754. The first kappa shape index (κ1) is 19.6. The van der Waals surface area contributed by atoms with Crippen molar-refractivity contribution >= 4 is 11.8 Å². The highest BCUT2D eigenvalue weighted by Gasteiger charge is 2.55. The smallest absolute Gasteiger partial charge is 0.240 e. The van der Waals surface area contributed by atoms with Crippen LogP contribution in [0, 0.1) is 30.1 Å². The van der Waals surface area contributed by atoms with Crippen molar-refractivity contribution in [2.24, 2.45) is 11.8 Å². The molecule has 0 aromatic heterocycles. The van der Waals surface area contributed by atoms with Gasteiger partial charge in [0.1, 0.15) is 6.04 Å². The van der Waals surface area contributed by atoms with Crippen LogP contribution < -0.4 is 0 Å². The van der Waals surface area contributed by atoms with Gasteiger partial charge >= 0.3 is 0 Å². The highest BCUT2D eigenvalue weighted by molar-refractivity contribution is 5.86. The molecule has 4 fully saturated rings. The lowest BCUT2D eigenvalue weighted by Crippen LogP contribution is -2.53. The Kier molecular flexibility index (Phi) is 4.62. The molecule has 4 aliphatic rings. The fraction of sp³-hybridized carbons (Fsp3) is 0.625. The Morgan fingerprint density at radius 2 is 1.93 bits per heavy atom. The summed E-state index contributed by atoms with van der Waals surface area (Å²) in [6.07, 6.45) is 2.74. The molecule has 3 saturated heterocycles. The highest BCUT2D eigenvalue weighted by atomic mass is 16.2. The monoisotopic (exact) mass is 406 g/mol. The zero-order valence-corrected chi connectivity index (χ0v) is 18.0. The number of amides is 2. The first-order chi connectivity index (χ1) is 14.4. The molecule has 158 valence electrons. The molecule has 2 amide bonds. The van der Waals surface area contributed by atoms with Gasteiger partial charge in [-0.3, -0.25) is 14.5 Å². The van der Waals surface area contributed by atoms with Crippen molar-refractivity contribution in [1.82, 2.24) is 14.7 Å². The van der Waals surface area contributed by atoms with Gasteiger partial charge in [0.05, 0.1) is 18.2 Å². The van der Waals surface area contributed by atoms with Crippen molar-refractivity contribution in [3.63, 3.8) is 0 Å². The summed E-state index contributed by atoms with van der Waals surface area (Å²) in [6, 6.07) is 10.9. The molecular formula is C24H30N4O2. The van der Waals surface area contributed by atoms with Crippen LogP contribution in [0.2, 0.25) is 0 Å².